The molecule has 1 heterocycles. The number of carbonyl (C=O) groups excluding carboxylic acids is 1. The van der Waals surface area contributed by atoms with Gasteiger partial charge in [-0.25, -0.2) is 0 Å². The highest BCUT2D eigenvalue weighted by atomic mass is 16.6. The Morgan fingerprint density at radius 1 is 1.39 bits per heavy atom. The maximum absolute atomic E-state index is 11.7. The van der Waals surface area contributed by atoms with Crippen molar-refractivity contribution in [3.63, 3.8) is 0 Å². The number of fused-ring (bicyclic) bond motifs is 1. The van der Waals surface area contributed by atoms with Gasteiger partial charge >= 0.3 is 5.97 Å². The van der Waals surface area contributed by atoms with Crippen molar-refractivity contribution in [2.24, 2.45) is 7.05 Å². The van der Waals surface area contributed by atoms with E-state index in [1.54, 1.807) is 4.68 Å². The summed E-state index contributed by atoms with van der Waals surface area (Å²) in [5, 5.41) is 5.25. The molecular formula is C14H18N2O2. The van der Waals surface area contributed by atoms with E-state index >= 15 is 0 Å². The third-order valence-electron chi connectivity index (χ3n) is 2.58. The van der Waals surface area contributed by atoms with Crippen molar-refractivity contribution < 1.29 is 9.53 Å². The summed E-state index contributed by atoms with van der Waals surface area (Å²) < 4.78 is 7.10. The summed E-state index contributed by atoms with van der Waals surface area (Å²) in [6.07, 6.45) is 2.10. The van der Waals surface area contributed by atoms with Gasteiger partial charge in [-0.05, 0) is 32.4 Å². The molecule has 0 radical (unpaired) electrons. The first-order valence-corrected chi connectivity index (χ1v) is 5.98. The van der Waals surface area contributed by atoms with E-state index in [1.807, 2.05) is 52.2 Å². The zero-order valence-electron chi connectivity index (χ0n) is 11.2. The molecule has 2 aromatic rings. The van der Waals surface area contributed by atoms with E-state index in [9.17, 15) is 4.79 Å². The molecule has 0 amide bonds. The fourth-order valence-corrected chi connectivity index (χ4v) is 1.84. The van der Waals surface area contributed by atoms with Crippen molar-refractivity contribution in [1.82, 2.24) is 9.78 Å². The maximum atomic E-state index is 11.7. The summed E-state index contributed by atoms with van der Waals surface area (Å²) in [7, 11) is 1.89. The standard InChI is InChI=1S/C14H18N2O2/c1-14(2,3)18-13(17)8-10-5-6-11-9-15-16(4)12(11)7-10/h5-7,9H,8H2,1-4H3. The molecule has 96 valence electrons. The molecule has 2 rings (SSSR count). The monoisotopic (exact) mass is 246 g/mol. The SMILES string of the molecule is Cn1ncc2ccc(CC(=O)OC(C)(C)C)cc21. The summed E-state index contributed by atoms with van der Waals surface area (Å²) in [6, 6.07) is 5.89. The Hall–Kier alpha value is -1.84. The van der Waals surface area contributed by atoms with Gasteiger partial charge in [0.15, 0.2) is 0 Å². The first-order valence-electron chi connectivity index (χ1n) is 5.98. The minimum absolute atomic E-state index is 0.205. The van der Waals surface area contributed by atoms with Gasteiger partial charge in [-0.2, -0.15) is 5.10 Å². The predicted molar refractivity (Wildman–Crippen MR) is 70.3 cm³/mol. The number of rotatable bonds is 2. The van der Waals surface area contributed by atoms with Crippen LogP contribution in [0.25, 0.3) is 10.9 Å². The number of benzene rings is 1. The lowest BCUT2D eigenvalue weighted by Crippen LogP contribution is -2.24. The lowest BCUT2D eigenvalue weighted by atomic mass is 10.1. The molecule has 0 aliphatic rings. The number of aryl methyl sites for hydroxylation is 1. The van der Waals surface area contributed by atoms with Gasteiger partial charge in [-0.15, -0.1) is 0 Å². The number of nitrogens with zero attached hydrogens (tertiary/aromatic N) is 2. The highest BCUT2D eigenvalue weighted by molar-refractivity contribution is 5.81. The topological polar surface area (TPSA) is 44.1 Å². The molecule has 0 aliphatic carbocycles. The fourth-order valence-electron chi connectivity index (χ4n) is 1.84. The zero-order valence-corrected chi connectivity index (χ0v) is 11.2. The molecule has 0 bridgehead atoms. The minimum Gasteiger partial charge on any atom is -0.460 e. The van der Waals surface area contributed by atoms with Crippen LogP contribution in [0.3, 0.4) is 0 Å². The number of aromatic nitrogens is 2. The van der Waals surface area contributed by atoms with E-state index in [2.05, 4.69) is 5.10 Å². The highest BCUT2D eigenvalue weighted by Crippen LogP contribution is 2.16. The predicted octanol–water partition coefficient (Wildman–Crippen LogP) is 2.46. The van der Waals surface area contributed by atoms with E-state index in [4.69, 9.17) is 4.74 Å². The maximum Gasteiger partial charge on any atom is 0.310 e. The second kappa shape index (κ2) is 4.44. The quantitative estimate of drug-likeness (QED) is 0.764. The molecule has 1 aromatic carbocycles. The van der Waals surface area contributed by atoms with Crippen molar-refractivity contribution in [2.75, 3.05) is 0 Å². The van der Waals surface area contributed by atoms with Gasteiger partial charge in [-0.3, -0.25) is 9.48 Å². The number of hydrogen-bond donors (Lipinski definition) is 0. The average Bonchev–Trinajstić information content (AvgIpc) is 2.57. The summed E-state index contributed by atoms with van der Waals surface area (Å²) in [5.74, 6) is -0.205. The van der Waals surface area contributed by atoms with E-state index in [1.165, 1.54) is 0 Å². The van der Waals surface area contributed by atoms with E-state index in [-0.39, 0.29) is 5.97 Å². The Kier molecular flexibility index (Phi) is 3.11. The van der Waals surface area contributed by atoms with Crippen molar-refractivity contribution in [1.29, 1.82) is 0 Å². The lowest BCUT2D eigenvalue weighted by molar-refractivity contribution is -0.153. The summed E-state index contributed by atoms with van der Waals surface area (Å²) in [4.78, 5) is 11.7. The molecule has 0 unspecified atom stereocenters. The first-order chi connectivity index (χ1) is 8.35. The van der Waals surface area contributed by atoms with E-state index < -0.39 is 5.60 Å². The molecule has 0 saturated carbocycles. The number of hydrogen-bond acceptors (Lipinski definition) is 3. The van der Waals surface area contributed by atoms with Crippen LogP contribution in [0, 0.1) is 0 Å². The van der Waals surface area contributed by atoms with Gasteiger partial charge in [0.2, 0.25) is 0 Å². The molecule has 4 nitrogen and oxygen atoms in total. The molecule has 0 spiro atoms. The van der Waals surface area contributed by atoms with E-state index in [0.717, 1.165) is 16.5 Å². The third kappa shape index (κ3) is 2.88. The summed E-state index contributed by atoms with van der Waals surface area (Å²) in [6.45, 7) is 5.61. The third-order valence-corrected chi connectivity index (χ3v) is 2.58. The van der Waals surface area contributed by atoms with Gasteiger partial charge in [0.25, 0.3) is 0 Å². The van der Waals surface area contributed by atoms with Gasteiger partial charge in [0.05, 0.1) is 18.1 Å². The normalized spacial score (nSPS) is 11.8. The Morgan fingerprint density at radius 3 is 2.78 bits per heavy atom. The van der Waals surface area contributed by atoms with Crippen LogP contribution in [0.4, 0.5) is 0 Å². The van der Waals surface area contributed by atoms with Gasteiger partial charge < -0.3 is 4.74 Å². The lowest BCUT2D eigenvalue weighted by Gasteiger charge is -2.19. The smallest absolute Gasteiger partial charge is 0.310 e. The van der Waals surface area contributed by atoms with Crippen molar-refractivity contribution in [3.8, 4) is 0 Å². The molecule has 1 aromatic heterocycles. The second-order valence-corrected chi connectivity index (χ2v) is 5.42. The van der Waals surface area contributed by atoms with Gasteiger partial charge in [0, 0.05) is 12.4 Å². The largest absolute Gasteiger partial charge is 0.460 e. The van der Waals surface area contributed by atoms with Crippen LogP contribution in [-0.2, 0) is 23.0 Å². The van der Waals surface area contributed by atoms with Crippen molar-refractivity contribution in [2.45, 2.75) is 32.8 Å². The summed E-state index contributed by atoms with van der Waals surface area (Å²) >= 11 is 0. The molecule has 0 fully saturated rings. The number of ether oxygens (including phenoxy) is 1. The molecule has 0 atom stereocenters. The van der Waals surface area contributed by atoms with Crippen LogP contribution in [0.5, 0.6) is 0 Å². The Labute approximate surface area is 107 Å². The molecule has 18 heavy (non-hydrogen) atoms. The van der Waals surface area contributed by atoms with E-state index in [0.29, 0.717) is 6.42 Å². The van der Waals surface area contributed by atoms with Crippen LogP contribution < -0.4 is 0 Å². The van der Waals surface area contributed by atoms with Crippen LogP contribution in [0.2, 0.25) is 0 Å². The van der Waals surface area contributed by atoms with Crippen LogP contribution >= 0.6 is 0 Å². The first kappa shape index (κ1) is 12.6. The van der Waals surface area contributed by atoms with Crippen molar-refractivity contribution in [3.05, 3.63) is 30.0 Å². The Bertz CT molecular complexity index is 579. The summed E-state index contributed by atoms with van der Waals surface area (Å²) in [5.41, 5.74) is 1.53. The number of esters is 1. The van der Waals surface area contributed by atoms with Crippen LogP contribution in [0.1, 0.15) is 26.3 Å². The minimum atomic E-state index is -0.437. The highest BCUT2D eigenvalue weighted by Gasteiger charge is 2.16. The van der Waals surface area contributed by atoms with Crippen LogP contribution in [-0.4, -0.2) is 21.4 Å². The number of carbonyl (C=O) groups is 1. The Balaban J connectivity index is 2.17. The molecule has 0 N–H and O–H groups in total. The molecule has 0 saturated heterocycles. The second-order valence-electron chi connectivity index (χ2n) is 5.42. The molecule has 0 aliphatic heterocycles. The average molecular weight is 246 g/mol. The zero-order chi connectivity index (χ0) is 13.3. The van der Waals surface area contributed by atoms with Crippen molar-refractivity contribution >= 4 is 16.9 Å². The van der Waals surface area contributed by atoms with Gasteiger partial charge in [0.1, 0.15) is 5.60 Å². The van der Waals surface area contributed by atoms with Crippen LogP contribution in [0.15, 0.2) is 24.4 Å². The molecular weight excluding hydrogens is 228 g/mol. The Morgan fingerprint density at radius 2 is 2.11 bits per heavy atom. The molecule has 4 heteroatoms. The van der Waals surface area contributed by atoms with Gasteiger partial charge in [-0.1, -0.05) is 12.1 Å². The fraction of sp³-hybridized carbons (Fsp3) is 0.429.